The van der Waals surface area contributed by atoms with E-state index in [1.807, 2.05) is 0 Å². The maximum absolute atomic E-state index is 13.5. The normalized spacial score (nSPS) is 13.9. The molecule has 1 aromatic carbocycles. The van der Waals surface area contributed by atoms with E-state index < -0.39 is 7.28 Å². The number of benzene rings is 1. The molecule has 0 spiro atoms. The van der Waals surface area contributed by atoms with Crippen LogP contribution in [-0.4, -0.2) is 24.3 Å². The molecule has 0 aliphatic heterocycles. The quantitative estimate of drug-likeness (QED) is 0.0560. The third-order valence-corrected chi connectivity index (χ3v) is 15.1. The summed E-state index contributed by atoms with van der Waals surface area (Å²) in [5.41, 5.74) is 1.14. The van der Waals surface area contributed by atoms with Crippen molar-refractivity contribution in [3.8, 4) is 0 Å². The molecule has 4 heteroatoms. The Morgan fingerprint density at radius 3 is 1.12 bits per heavy atom. The van der Waals surface area contributed by atoms with Gasteiger partial charge in [0.25, 0.3) is 0 Å². The second-order valence-electron chi connectivity index (χ2n) is 17.7. The van der Waals surface area contributed by atoms with Crippen LogP contribution in [0.25, 0.3) is 0 Å². The molecule has 0 aliphatic rings. The molecule has 0 bridgehead atoms. The van der Waals surface area contributed by atoms with Gasteiger partial charge in [-0.2, -0.15) is 0 Å². The van der Waals surface area contributed by atoms with Gasteiger partial charge in [0, 0.05) is 0 Å². The second kappa shape index (κ2) is 29.0. The molecule has 0 saturated carbocycles. The molecule has 1 N–H and O–H groups in total. The average Bonchev–Trinajstić information content (AvgIpc) is 3.06. The van der Waals surface area contributed by atoms with Crippen LogP contribution in [0.2, 0.25) is 0 Å². The molecule has 296 valence electrons. The maximum atomic E-state index is 13.5. The molecular weight excluding hydrogens is 631 g/mol. The van der Waals surface area contributed by atoms with Crippen molar-refractivity contribution >= 4 is 7.28 Å². The molecule has 0 heterocycles. The van der Waals surface area contributed by atoms with E-state index in [0.717, 1.165) is 62.2 Å². The third-order valence-electron chi connectivity index (χ3n) is 10.7. The molecule has 0 aliphatic carbocycles. The van der Waals surface area contributed by atoms with Gasteiger partial charge in [-0.15, -0.1) is 0 Å². The zero-order valence-electron chi connectivity index (χ0n) is 35.1. The summed E-state index contributed by atoms with van der Waals surface area (Å²) in [6.45, 7) is 19.8. The molecule has 0 aromatic heterocycles. The van der Waals surface area contributed by atoms with E-state index in [2.05, 4.69) is 85.7 Å². The van der Waals surface area contributed by atoms with Crippen molar-refractivity contribution in [1.82, 2.24) is 0 Å². The first-order chi connectivity index (χ1) is 24.0. The van der Waals surface area contributed by atoms with Gasteiger partial charge in [0.05, 0.1) is 0 Å². The minimum absolute atomic E-state index is 0.0784. The second-order valence-corrected chi connectivity index (χ2v) is 21.6. The molecule has 0 amide bonds. The molecular formula is C46H89O3P. The number of hydrogen-bond acceptors (Lipinski definition) is 3. The van der Waals surface area contributed by atoms with Gasteiger partial charge in [0.2, 0.25) is 0 Å². The number of hydrogen-bond donors (Lipinski definition) is 1. The summed E-state index contributed by atoms with van der Waals surface area (Å²) in [6.07, 6.45) is 29.8. The van der Waals surface area contributed by atoms with Gasteiger partial charge in [0.15, 0.2) is 0 Å². The van der Waals surface area contributed by atoms with Crippen LogP contribution in [0.1, 0.15) is 221 Å². The first kappa shape index (κ1) is 47.6. The van der Waals surface area contributed by atoms with Gasteiger partial charge < -0.3 is 0 Å². The van der Waals surface area contributed by atoms with Crippen LogP contribution >= 0.6 is 7.28 Å². The Balaban J connectivity index is 3.19. The zero-order chi connectivity index (χ0) is 37.0. The average molecular weight is 721 g/mol. The Bertz CT molecular complexity index is 859. The van der Waals surface area contributed by atoms with Crippen LogP contribution in [0.15, 0.2) is 30.3 Å². The van der Waals surface area contributed by atoms with Crippen LogP contribution < -0.4 is 0 Å². The SMILES string of the molecule is CC(C)CCCCCCCOP(O)(CCCCCCCC(C)C)(OCCCCCCCC(C)C)C(CCCCCCC(C)C)c1ccccc1. The first-order valence-corrected chi connectivity index (χ1v) is 24.4. The zero-order valence-corrected chi connectivity index (χ0v) is 36.0. The van der Waals surface area contributed by atoms with Gasteiger partial charge >= 0.3 is 315 Å². The van der Waals surface area contributed by atoms with Crippen molar-refractivity contribution < 1.29 is 13.9 Å². The Labute approximate surface area is 314 Å². The van der Waals surface area contributed by atoms with Gasteiger partial charge in [-0.05, 0) is 0 Å². The van der Waals surface area contributed by atoms with Crippen LogP contribution in [-0.2, 0) is 9.05 Å². The van der Waals surface area contributed by atoms with Crippen molar-refractivity contribution in [3.05, 3.63) is 35.9 Å². The van der Waals surface area contributed by atoms with Gasteiger partial charge in [0.1, 0.15) is 0 Å². The topological polar surface area (TPSA) is 38.7 Å². The molecule has 3 nitrogen and oxygen atoms in total. The molecule has 50 heavy (non-hydrogen) atoms. The first-order valence-electron chi connectivity index (χ1n) is 22.1. The summed E-state index contributed by atoms with van der Waals surface area (Å²) >= 11 is 0. The number of unbranched alkanes of at least 4 members (excludes halogenated alkanes) is 15. The fourth-order valence-electron chi connectivity index (χ4n) is 7.51. The fourth-order valence-corrected chi connectivity index (χ4v) is 11.8. The summed E-state index contributed by atoms with van der Waals surface area (Å²) in [5.74, 6) is 3.12. The molecule has 0 fully saturated rings. The van der Waals surface area contributed by atoms with Crippen LogP contribution in [0.4, 0.5) is 0 Å². The van der Waals surface area contributed by atoms with Gasteiger partial charge in [-0.1, -0.05) is 0 Å². The number of rotatable bonds is 35. The van der Waals surface area contributed by atoms with E-state index in [1.165, 1.54) is 121 Å². The van der Waals surface area contributed by atoms with Gasteiger partial charge in [-0.3, -0.25) is 0 Å². The molecule has 0 radical (unpaired) electrons. The van der Waals surface area contributed by atoms with Crippen molar-refractivity contribution in [2.45, 2.75) is 215 Å². The van der Waals surface area contributed by atoms with Crippen molar-refractivity contribution in [2.75, 3.05) is 19.4 Å². The van der Waals surface area contributed by atoms with Crippen LogP contribution in [0, 0.1) is 23.7 Å². The predicted molar refractivity (Wildman–Crippen MR) is 225 cm³/mol. The Morgan fingerprint density at radius 1 is 0.420 bits per heavy atom. The summed E-state index contributed by atoms with van der Waals surface area (Å²) in [4.78, 5) is 13.5. The van der Waals surface area contributed by atoms with Gasteiger partial charge in [-0.25, -0.2) is 0 Å². The molecule has 0 saturated heterocycles. The van der Waals surface area contributed by atoms with E-state index in [1.54, 1.807) is 0 Å². The van der Waals surface area contributed by atoms with Crippen molar-refractivity contribution in [3.63, 3.8) is 0 Å². The summed E-state index contributed by atoms with van der Waals surface area (Å²) < 4.78 is 14.2. The van der Waals surface area contributed by atoms with E-state index in [4.69, 9.17) is 9.05 Å². The standard InChI is InChI=1S/C46H89O3P/c1-41(2)31-21-12-9-17-28-38-48-50(47,40-30-19-11-14-23-33-43(5)6,49-39-29-18-10-13-22-32-42(3)4)46(45-35-25-20-26-36-45)37-27-16-15-24-34-44(7)8/h20,25-26,35-36,41-44,46-47H,9-19,21-24,27-34,37-40H2,1-8H3. The van der Waals surface area contributed by atoms with E-state index in [0.29, 0.717) is 19.4 Å². The summed E-state index contributed by atoms with van der Waals surface area (Å²) in [6, 6.07) is 10.9. The minimum atomic E-state index is -4.04. The van der Waals surface area contributed by atoms with E-state index in [-0.39, 0.29) is 5.66 Å². The predicted octanol–water partition coefficient (Wildman–Crippen LogP) is 16.0. The van der Waals surface area contributed by atoms with E-state index >= 15 is 0 Å². The monoisotopic (exact) mass is 721 g/mol. The van der Waals surface area contributed by atoms with Crippen molar-refractivity contribution in [1.29, 1.82) is 0 Å². The fraction of sp³-hybridized carbons (Fsp3) is 0.870. The van der Waals surface area contributed by atoms with Crippen LogP contribution in [0.3, 0.4) is 0 Å². The summed E-state index contributed by atoms with van der Waals surface area (Å²) in [5, 5.41) is 0. The molecule has 1 unspecified atom stereocenters. The molecule has 1 rings (SSSR count). The Kier molecular flexibility index (Phi) is 27.5. The molecule has 1 atom stereocenters. The van der Waals surface area contributed by atoms with Crippen LogP contribution in [0.5, 0.6) is 0 Å². The Hall–Kier alpha value is -0.470. The van der Waals surface area contributed by atoms with E-state index in [9.17, 15) is 4.89 Å². The summed E-state index contributed by atoms with van der Waals surface area (Å²) in [7, 11) is -4.04. The van der Waals surface area contributed by atoms with Crippen molar-refractivity contribution in [2.24, 2.45) is 23.7 Å². The third kappa shape index (κ3) is 23.2. The molecule has 1 aromatic rings. The Morgan fingerprint density at radius 2 is 0.740 bits per heavy atom.